The molecule has 4 nitrogen and oxygen atoms in total. The predicted octanol–water partition coefficient (Wildman–Crippen LogP) is 6.47. The van der Waals surface area contributed by atoms with Crippen molar-refractivity contribution in [1.29, 1.82) is 0 Å². The average molecular weight is 345 g/mol. The molecule has 144 valence electrons. The van der Waals surface area contributed by atoms with Gasteiger partial charge in [-0.1, -0.05) is 72.6 Å². The average Bonchev–Trinajstić information content (AvgIpc) is 2.41. The van der Waals surface area contributed by atoms with Crippen molar-refractivity contribution >= 4 is 6.16 Å². The highest BCUT2D eigenvalue weighted by molar-refractivity contribution is 5.60. The van der Waals surface area contributed by atoms with Crippen LogP contribution in [0.5, 0.6) is 0 Å². The third-order valence-corrected chi connectivity index (χ3v) is 3.57. The highest BCUT2D eigenvalue weighted by Gasteiger charge is 2.31. The summed E-state index contributed by atoms with van der Waals surface area (Å²) in [6.45, 7) is 14.3. The number of hydrogen-bond donors (Lipinski definition) is 0. The van der Waals surface area contributed by atoms with E-state index >= 15 is 0 Å². The highest BCUT2D eigenvalue weighted by Crippen LogP contribution is 2.25. The molecule has 0 spiro atoms. The molecule has 0 aliphatic heterocycles. The molecule has 0 aliphatic carbocycles. The SMILES string of the molecule is CCCCCCCCCCOC(OC(=O)OC(C)(C)C)C(C)(C)C. The number of rotatable bonds is 11. The largest absolute Gasteiger partial charge is 0.511 e. The van der Waals surface area contributed by atoms with Gasteiger partial charge >= 0.3 is 6.16 Å². The molecular weight excluding hydrogens is 304 g/mol. The van der Waals surface area contributed by atoms with Crippen molar-refractivity contribution in [3.8, 4) is 0 Å². The standard InChI is InChI=1S/C20H40O4/c1-8-9-10-11-12-13-14-15-16-22-17(19(2,3)4)23-18(21)24-20(5,6)7/h17H,8-16H2,1-7H3. The summed E-state index contributed by atoms with van der Waals surface area (Å²) < 4.78 is 16.4. The number of carbonyl (C=O) groups excluding carboxylic acids is 1. The van der Waals surface area contributed by atoms with Gasteiger partial charge in [0.15, 0.2) is 0 Å². The first-order valence-electron chi connectivity index (χ1n) is 9.57. The second-order valence-electron chi connectivity index (χ2n) is 8.63. The molecule has 0 rings (SSSR count). The Morgan fingerprint density at radius 1 is 0.833 bits per heavy atom. The Bertz CT molecular complexity index is 326. The van der Waals surface area contributed by atoms with Crippen LogP contribution in [0, 0.1) is 5.41 Å². The van der Waals surface area contributed by atoms with E-state index in [1.54, 1.807) is 0 Å². The molecule has 24 heavy (non-hydrogen) atoms. The maximum atomic E-state index is 11.9. The van der Waals surface area contributed by atoms with Crippen molar-refractivity contribution < 1.29 is 19.0 Å². The van der Waals surface area contributed by atoms with E-state index in [4.69, 9.17) is 14.2 Å². The van der Waals surface area contributed by atoms with Crippen molar-refractivity contribution in [2.45, 2.75) is 112 Å². The third-order valence-electron chi connectivity index (χ3n) is 3.57. The monoisotopic (exact) mass is 344 g/mol. The van der Waals surface area contributed by atoms with Crippen LogP contribution >= 0.6 is 0 Å². The van der Waals surface area contributed by atoms with E-state index < -0.39 is 18.0 Å². The van der Waals surface area contributed by atoms with Gasteiger partial charge in [0, 0.05) is 5.41 Å². The summed E-state index contributed by atoms with van der Waals surface area (Å²) in [5, 5.41) is 0. The number of carbonyl (C=O) groups is 1. The molecule has 0 radical (unpaired) electrons. The molecule has 0 aromatic carbocycles. The number of hydrogen-bond acceptors (Lipinski definition) is 4. The Morgan fingerprint density at radius 2 is 1.33 bits per heavy atom. The fraction of sp³-hybridized carbons (Fsp3) is 0.950. The van der Waals surface area contributed by atoms with Crippen LogP contribution in [0.3, 0.4) is 0 Å². The molecule has 4 heteroatoms. The van der Waals surface area contributed by atoms with Gasteiger partial charge in [0.25, 0.3) is 0 Å². The summed E-state index contributed by atoms with van der Waals surface area (Å²) in [6.07, 6.45) is 8.78. The van der Waals surface area contributed by atoms with Gasteiger partial charge in [-0.05, 0) is 27.2 Å². The van der Waals surface area contributed by atoms with Crippen LogP contribution in [0.1, 0.15) is 99.8 Å². The maximum absolute atomic E-state index is 11.9. The lowest BCUT2D eigenvalue weighted by molar-refractivity contribution is -0.180. The zero-order valence-electron chi connectivity index (χ0n) is 17.1. The van der Waals surface area contributed by atoms with Crippen molar-refractivity contribution in [3.05, 3.63) is 0 Å². The van der Waals surface area contributed by atoms with E-state index in [2.05, 4.69) is 6.92 Å². The molecule has 0 aromatic heterocycles. The lowest BCUT2D eigenvalue weighted by Crippen LogP contribution is -2.36. The quantitative estimate of drug-likeness (QED) is 0.245. The normalized spacial score (nSPS) is 13.6. The summed E-state index contributed by atoms with van der Waals surface area (Å²) >= 11 is 0. The third kappa shape index (κ3) is 13.6. The first kappa shape index (κ1) is 23.2. The Kier molecular flexibility index (Phi) is 11.4. The van der Waals surface area contributed by atoms with E-state index in [0.29, 0.717) is 6.61 Å². The molecule has 0 bridgehead atoms. The van der Waals surface area contributed by atoms with Gasteiger partial charge in [-0.2, -0.15) is 0 Å². The van der Waals surface area contributed by atoms with Gasteiger partial charge in [-0.3, -0.25) is 0 Å². The zero-order valence-corrected chi connectivity index (χ0v) is 17.1. The molecule has 0 saturated carbocycles. The van der Waals surface area contributed by atoms with E-state index in [1.165, 1.54) is 38.5 Å². The van der Waals surface area contributed by atoms with Crippen LogP contribution in [0.4, 0.5) is 4.79 Å². The molecular formula is C20H40O4. The summed E-state index contributed by atoms with van der Waals surface area (Å²) in [4.78, 5) is 11.9. The maximum Gasteiger partial charge on any atom is 0.511 e. The molecule has 0 aromatic rings. The van der Waals surface area contributed by atoms with Crippen LogP contribution in [0.25, 0.3) is 0 Å². The predicted molar refractivity (Wildman–Crippen MR) is 99.1 cm³/mol. The minimum absolute atomic E-state index is 0.281. The van der Waals surface area contributed by atoms with Gasteiger partial charge in [0.05, 0.1) is 6.61 Å². The van der Waals surface area contributed by atoms with Gasteiger partial charge in [-0.25, -0.2) is 4.79 Å². The van der Waals surface area contributed by atoms with Gasteiger partial charge in [-0.15, -0.1) is 0 Å². The Labute approximate surface area is 149 Å². The van der Waals surface area contributed by atoms with Crippen molar-refractivity contribution in [1.82, 2.24) is 0 Å². The van der Waals surface area contributed by atoms with Gasteiger partial charge in [0.1, 0.15) is 5.60 Å². The lowest BCUT2D eigenvalue weighted by Gasteiger charge is -2.30. The van der Waals surface area contributed by atoms with Crippen molar-refractivity contribution in [2.75, 3.05) is 6.61 Å². The topological polar surface area (TPSA) is 44.8 Å². The molecule has 1 atom stereocenters. The minimum Gasteiger partial charge on any atom is -0.429 e. The second kappa shape index (κ2) is 11.7. The van der Waals surface area contributed by atoms with Crippen molar-refractivity contribution in [3.63, 3.8) is 0 Å². The van der Waals surface area contributed by atoms with Crippen LogP contribution in [-0.4, -0.2) is 24.7 Å². The fourth-order valence-corrected chi connectivity index (χ4v) is 2.25. The Morgan fingerprint density at radius 3 is 1.79 bits per heavy atom. The Hall–Kier alpha value is -0.770. The molecule has 0 N–H and O–H groups in total. The van der Waals surface area contributed by atoms with Crippen LogP contribution < -0.4 is 0 Å². The lowest BCUT2D eigenvalue weighted by atomic mass is 9.96. The molecule has 0 heterocycles. The van der Waals surface area contributed by atoms with E-state index in [-0.39, 0.29) is 5.41 Å². The van der Waals surface area contributed by atoms with E-state index in [9.17, 15) is 4.79 Å². The smallest absolute Gasteiger partial charge is 0.429 e. The first-order valence-corrected chi connectivity index (χ1v) is 9.57. The summed E-state index contributed by atoms with van der Waals surface area (Å²) in [5.74, 6) is 0. The van der Waals surface area contributed by atoms with E-state index in [1.807, 2.05) is 41.5 Å². The molecule has 1 unspecified atom stereocenters. The Balaban J connectivity index is 3.99. The second-order valence-corrected chi connectivity index (χ2v) is 8.63. The minimum atomic E-state index is -0.668. The summed E-state index contributed by atoms with van der Waals surface area (Å²) in [7, 11) is 0. The summed E-state index contributed by atoms with van der Waals surface area (Å²) in [6, 6.07) is 0. The van der Waals surface area contributed by atoms with E-state index in [0.717, 1.165) is 12.8 Å². The van der Waals surface area contributed by atoms with Crippen LogP contribution in [0.2, 0.25) is 0 Å². The molecule has 0 aliphatic rings. The fourth-order valence-electron chi connectivity index (χ4n) is 2.25. The molecule has 0 amide bonds. The number of ether oxygens (including phenoxy) is 3. The number of unbranched alkanes of at least 4 members (excludes halogenated alkanes) is 7. The zero-order chi connectivity index (χ0) is 18.6. The first-order chi connectivity index (χ1) is 11.1. The highest BCUT2D eigenvalue weighted by atomic mass is 16.8. The molecule has 0 fully saturated rings. The van der Waals surface area contributed by atoms with Crippen LogP contribution in [-0.2, 0) is 14.2 Å². The van der Waals surface area contributed by atoms with Crippen LogP contribution in [0.15, 0.2) is 0 Å². The van der Waals surface area contributed by atoms with Gasteiger partial charge < -0.3 is 14.2 Å². The summed E-state index contributed by atoms with van der Waals surface area (Å²) in [5.41, 5.74) is -0.839. The molecule has 0 saturated heterocycles. The van der Waals surface area contributed by atoms with Crippen molar-refractivity contribution in [2.24, 2.45) is 5.41 Å². The van der Waals surface area contributed by atoms with Gasteiger partial charge in [0.2, 0.25) is 6.29 Å².